The molecule has 0 spiro atoms. The molecule has 1 fully saturated rings. The predicted octanol–water partition coefficient (Wildman–Crippen LogP) is 0.650. The summed E-state index contributed by atoms with van der Waals surface area (Å²) in [6.07, 6.45) is 1.07. The van der Waals surface area contributed by atoms with Gasteiger partial charge in [0.25, 0.3) is 0 Å². The van der Waals surface area contributed by atoms with Crippen molar-refractivity contribution >= 4 is 11.7 Å². The van der Waals surface area contributed by atoms with Crippen LogP contribution in [0, 0.1) is 5.92 Å². The van der Waals surface area contributed by atoms with Crippen LogP contribution in [0.25, 0.3) is 0 Å². The SMILES string of the molecule is CCCN1CCOC(C2=NC(C(C)C)C(=O)N2)C1. The second-order valence-electron chi connectivity index (χ2n) is 5.35. The van der Waals surface area contributed by atoms with Crippen molar-refractivity contribution in [1.82, 2.24) is 10.2 Å². The number of carbonyl (C=O) groups is 1. The van der Waals surface area contributed by atoms with Crippen molar-refractivity contribution < 1.29 is 9.53 Å². The first-order valence-electron chi connectivity index (χ1n) is 6.84. The van der Waals surface area contributed by atoms with Gasteiger partial charge in [-0.1, -0.05) is 20.8 Å². The number of rotatable bonds is 4. The third-order valence-corrected chi connectivity index (χ3v) is 3.42. The molecule has 2 aliphatic rings. The number of nitrogens with zero attached hydrogens (tertiary/aromatic N) is 2. The zero-order valence-electron chi connectivity index (χ0n) is 11.5. The summed E-state index contributed by atoms with van der Waals surface area (Å²) >= 11 is 0. The Balaban J connectivity index is 1.99. The Kier molecular flexibility index (Phi) is 4.35. The molecule has 0 aromatic carbocycles. The zero-order chi connectivity index (χ0) is 13.1. The van der Waals surface area contributed by atoms with Gasteiger partial charge >= 0.3 is 0 Å². The molecule has 18 heavy (non-hydrogen) atoms. The van der Waals surface area contributed by atoms with E-state index in [1.54, 1.807) is 0 Å². The lowest BCUT2D eigenvalue weighted by molar-refractivity contribution is -0.121. The molecular weight excluding hydrogens is 230 g/mol. The van der Waals surface area contributed by atoms with Gasteiger partial charge < -0.3 is 10.1 Å². The molecule has 1 N–H and O–H groups in total. The van der Waals surface area contributed by atoms with E-state index < -0.39 is 0 Å². The number of amidine groups is 1. The van der Waals surface area contributed by atoms with Crippen LogP contribution < -0.4 is 5.32 Å². The number of amides is 1. The Morgan fingerprint density at radius 1 is 1.56 bits per heavy atom. The van der Waals surface area contributed by atoms with E-state index in [4.69, 9.17) is 4.74 Å². The molecule has 1 amide bonds. The van der Waals surface area contributed by atoms with E-state index in [9.17, 15) is 4.79 Å². The number of hydrogen-bond donors (Lipinski definition) is 1. The summed E-state index contributed by atoms with van der Waals surface area (Å²) in [5.41, 5.74) is 0. The topological polar surface area (TPSA) is 53.9 Å². The van der Waals surface area contributed by atoms with Crippen LogP contribution in [-0.2, 0) is 9.53 Å². The van der Waals surface area contributed by atoms with Gasteiger partial charge in [-0.25, -0.2) is 0 Å². The van der Waals surface area contributed by atoms with Crippen LogP contribution in [0.4, 0.5) is 0 Å². The minimum atomic E-state index is -0.245. The molecule has 0 radical (unpaired) electrons. The number of aliphatic imine (C=N–C) groups is 1. The quantitative estimate of drug-likeness (QED) is 0.800. The molecule has 2 rings (SSSR count). The van der Waals surface area contributed by atoms with Crippen LogP contribution in [0.3, 0.4) is 0 Å². The standard InChI is InChI=1S/C13H23N3O2/c1-4-5-16-6-7-18-10(8-16)12-14-11(9(2)3)13(17)15-12/h9-11H,4-8H2,1-3H3,(H,14,15,17). The zero-order valence-corrected chi connectivity index (χ0v) is 11.5. The summed E-state index contributed by atoms with van der Waals surface area (Å²) < 4.78 is 5.73. The lowest BCUT2D eigenvalue weighted by Gasteiger charge is -2.32. The second kappa shape index (κ2) is 5.80. The van der Waals surface area contributed by atoms with Crippen LogP contribution in [0.2, 0.25) is 0 Å². The highest BCUT2D eigenvalue weighted by Crippen LogP contribution is 2.15. The van der Waals surface area contributed by atoms with Crippen LogP contribution in [0.1, 0.15) is 27.2 Å². The molecule has 2 atom stereocenters. The largest absolute Gasteiger partial charge is 0.368 e. The number of morpholine rings is 1. The van der Waals surface area contributed by atoms with Gasteiger partial charge in [0, 0.05) is 13.1 Å². The average Bonchev–Trinajstić information content (AvgIpc) is 2.72. The van der Waals surface area contributed by atoms with E-state index in [1.807, 2.05) is 13.8 Å². The average molecular weight is 253 g/mol. The van der Waals surface area contributed by atoms with Gasteiger partial charge in [-0.2, -0.15) is 0 Å². The molecule has 0 aliphatic carbocycles. The Hall–Kier alpha value is -0.940. The van der Waals surface area contributed by atoms with Crippen molar-refractivity contribution in [3.05, 3.63) is 0 Å². The fourth-order valence-corrected chi connectivity index (χ4v) is 2.44. The summed E-state index contributed by atoms with van der Waals surface area (Å²) in [6.45, 7) is 9.80. The van der Waals surface area contributed by atoms with Crippen molar-refractivity contribution in [2.45, 2.75) is 39.3 Å². The van der Waals surface area contributed by atoms with E-state index in [-0.39, 0.29) is 24.0 Å². The summed E-state index contributed by atoms with van der Waals surface area (Å²) in [4.78, 5) is 18.6. The van der Waals surface area contributed by atoms with Crippen LogP contribution in [0.5, 0.6) is 0 Å². The normalized spacial score (nSPS) is 29.6. The molecule has 2 heterocycles. The first-order chi connectivity index (χ1) is 8.61. The van der Waals surface area contributed by atoms with Crippen molar-refractivity contribution in [2.24, 2.45) is 10.9 Å². The molecule has 5 heteroatoms. The lowest BCUT2D eigenvalue weighted by atomic mass is 10.1. The maximum Gasteiger partial charge on any atom is 0.250 e. The third kappa shape index (κ3) is 2.90. The van der Waals surface area contributed by atoms with E-state index in [1.165, 1.54) is 0 Å². The summed E-state index contributed by atoms with van der Waals surface area (Å²) in [6, 6.07) is -0.245. The minimum Gasteiger partial charge on any atom is -0.368 e. The van der Waals surface area contributed by atoms with E-state index >= 15 is 0 Å². The Bertz CT molecular complexity index is 339. The maximum atomic E-state index is 11.8. The first kappa shape index (κ1) is 13.5. The van der Waals surface area contributed by atoms with Gasteiger partial charge in [-0.3, -0.25) is 14.7 Å². The van der Waals surface area contributed by atoms with Gasteiger partial charge in [-0.15, -0.1) is 0 Å². The smallest absolute Gasteiger partial charge is 0.250 e. The van der Waals surface area contributed by atoms with Gasteiger partial charge in [0.15, 0.2) is 0 Å². The van der Waals surface area contributed by atoms with E-state index in [0.29, 0.717) is 6.61 Å². The van der Waals surface area contributed by atoms with Crippen molar-refractivity contribution in [3.8, 4) is 0 Å². The fraction of sp³-hybridized carbons (Fsp3) is 0.846. The number of nitrogens with one attached hydrogen (secondary N) is 1. The lowest BCUT2D eigenvalue weighted by Crippen LogP contribution is -2.49. The highest BCUT2D eigenvalue weighted by Gasteiger charge is 2.34. The Morgan fingerprint density at radius 3 is 2.94 bits per heavy atom. The van der Waals surface area contributed by atoms with Crippen molar-refractivity contribution in [2.75, 3.05) is 26.2 Å². The summed E-state index contributed by atoms with van der Waals surface area (Å²) in [5, 5.41) is 2.88. The highest BCUT2D eigenvalue weighted by molar-refractivity contribution is 6.07. The van der Waals surface area contributed by atoms with Gasteiger partial charge in [0.05, 0.1) is 6.61 Å². The summed E-state index contributed by atoms with van der Waals surface area (Å²) in [7, 11) is 0. The Morgan fingerprint density at radius 2 is 2.33 bits per heavy atom. The van der Waals surface area contributed by atoms with Crippen molar-refractivity contribution in [3.63, 3.8) is 0 Å². The third-order valence-electron chi connectivity index (χ3n) is 3.42. The minimum absolute atomic E-state index is 0.0104. The van der Waals surface area contributed by atoms with Gasteiger partial charge in [0.1, 0.15) is 18.0 Å². The van der Waals surface area contributed by atoms with Crippen LogP contribution in [-0.4, -0.2) is 55.0 Å². The van der Waals surface area contributed by atoms with Crippen LogP contribution in [0.15, 0.2) is 4.99 Å². The Labute approximate surface area is 109 Å². The molecule has 2 unspecified atom stereocenters. The second-order valence-corrected chi connectivity index (χ2v) is 5.35. The summed E-state index contributed by atoms with van der Waals surface area (Å²) in [5.74, 6) is 0.966. The molecule has 102 valence electrons. The number of carbonyl (C=O) groups excluding carboxylic acids is 1. The predicted molar refractivity (Wildman–Crippen MR) is 70.7 cm³/mol. The molecule has 0 aromatic rings. The van der Waals surface area contributed by atoms with Gasteiger partial charge in [0.2, 0.25) is 5.91 Å². The fourth-order valence-electron chi connectivity index (χ4n) is 2.44. The van der Waals surface area contributed by atoms with E-state index in [2.05, 4.69) is 22.1 Å². The number of hydrogen-bond acceptors (Lipinski definition) is 4. The van der Waals surface area contributed by atoms with Crippen LogP contribution >= 0.6 is 0 Å². The van der Waals surface area contributed by atoms with Crippen molar-refractivity contribution in [1.29, 1.82) is 0 Å². The first-order valence-corrected chi connectivity index (χ1v) is 6.84. The molecular formula is C13H23N3O2. The molecule has 0 aromatic heterocycles. The molecule has 1 saturated heterocycles. The maximum absolute atomic E-state index is 11.8. The highest BCUT2D eigenvalue weighted by atomic mass is 16.5. The van der Waals surface area contributed by atoms with E-state index in [0.717, 1.165) is 31.9 Å². The molecule has 0 bridgehead atoms. The number of ether oxygens (including phenoxy) is 1. The molecule has 0 saturated carbocycles. The monoisotopic (exact) mass is 253 g/mol. The van der Waals surface area contributed by atoms with Gasteiger partial charge in [-0.05, 0) is 18.9 Å². The molecule has 5 nitrogen and oxygen atoms in total. The molecule has 2 aliphatic heterocycles.